The number of hydrogen-bond donors (Lipinski definition) is 0. The number of benzene rings is 1. The quantitative estimate of drug-likeness (QED) is 0.863. The summed E-state index contributed by atoms with van der Waals surface area (Å²) in [5.41, 5.74) is 1.06. The Hall–Kier alpha value is -1.13. The molecule has 0 N–H and O–H groups in total. The molecule has 0 unspecified atom stereocenters. The third kappa shape index (κ3) is 2.33. The summed E-state index contributed by atoms with van der Waals surface area (Å²) < 4.78 is 7.79. The molecule has 1 heterocycles. The van der Waals surface area contributed by atoms with Crippen LogP contribution in [0.25, 0.3) is 10.9 Å². The molecule has 16 heavy (non-hydrogen) atoms. The second kappa shape index (κ2) is 4.80. The Morgan fingerprint density at radius 1 is 1.44 bits per heavy atom. The molecule has 0 aliphatic carbocycles. The molecule has 0 fully saturated rings. The van der Waals surface area contributed by atoms with Crippen molar-refractivity contribution >= 4 is 32.6 Å². The Balaban J connectivity index is 2.28. The summed E-state index contributed by atoms with van der Waals surface area (Å²) in [5, 5.41) is 1.12. The van der Waals surface area contributed by atoms with Crippen LogP contribution in [0.5, 0.6) is 0 Å². The third-order valence-corrected chi connectivity index (χ3v) is 2.88. The largest absolute Gasteiger partial charge is 0.377 e. The molecular weight excluding hydrogens is 270 g/mol. The van der Waals surface area contributed by atoms with E-state index in [4.69, 9.17) is 4.74 Å². The Labute approximate surface area is 102 Å². The van der Waals surface area contributed by atoms with Gasteiger partial charge in [0.25, 0.3) is 0 Å². The lowest BCUT2D eigenvalue weighted by atomic mass is 10.2. The maximum atomic E-state index is 11.5. The van der Waals surface area contributed by atoms with Crippen LogP contribution in [0.15, 0.2) is 34.9 Å². The number of carbonyl (C=O) groups excluding carboxylic acids is 1. The second-order valence-corrected chi connectivity index (χ2v) is 4.53. The van der Waals surface area contributed by atoms with Gasteiger partial charge in [0, 0.05) is 28.7 Å². The van der Waals surface area contributed by atoms with Crippen LogP contribution in [-0.4, -0.2) is 24.1 Å². The number of aromatic nitrogens is 1. The average Bonchev–Trinajstić information content (AvgIpc) is 2.61. The summed E-state index contributed by atoms with van der Waals surface area (Å²) in [5.74, 6) is 0.0721. The molecule has 1 aromatic heterocycles. The molecule has 0 amide bonds. The van der Waals surface area contributed by atoms with Gasteiger partial charge in [-0.25, -0.2) is 0 Å². The molecule has 0 aliphatic heterocycles. The van der Waals surface area contributed by atoms with Crippen LogP contribution in [0.4, 0.5) is 0 Å². The van der Waals surface area contributed by atoms with Crippen molar-refractivity contribution in [3.05, 3.63) is 34.9 Å². The number of ketones is 1. The Morgan fingerprint density at radius 3 is 3.00 bits per heavy atom. The van der Waals surface area contributed by atoms with E-state index >= 15 is 0 Å². The zero-order chi connectivity index (χ0) is 11.5. The third-order valence-electron chi connectivity index (χ3n) is 2.39. The van der Waals surface area contributed by atoms with Gasteiger partial charge >= 0.3 is 0 Å². The van der Waals surface area contributed by atoms with Crippen molar-refractivity contribution in [2.75, 3.05) is 13.7 Å². The molecule has 0 saturated carbocycles. The molecule has 0 radical (unpaired) electrons. The molecule has 4 heteroatoms. The van der Waals surface area contributed by atoms with E-state index in [1.807, 2.05) is 35.0 Å². The van der Waals surface area contributed by atoms with Crippen LogP contribution in [0.1, 0.15) is 0 Å². The van der Waals surface area contributed by atoms with Crippen LogP contribution in [0.3, 0.4) is 0 Å². The first-order valence-corrected chi connectivity index (χ1v) is 5.75. The maximum absolute atomic E-state index is 11.5. The lowest BCUT2D eigenvalue weighted by molar-refractivity contribution is -0.123. The lowest BCUT2D eigenvalue weighted by Crippen LogP contribution is -2.14. The number of ether oxygens (including phenoxy) is 1. The number of carbonyl (C=O) groups is 1. The van der Waals surface area contributed by atoms with E-state index in [9.17, 15) is 4.79 Å². The standard InChI is InChI=1S/C12H12BrNO2/c1-16-8-11(15)7-14-5-4-9-6-10(13)2-3-12(9)14/h2-6H,7-8H2,1H3. The summed E-state index contributed by atoms with van der Waals surface area (Å²) in [6.45, 7) is 0.523. The smallest absolute Gasteiger partial charge is 0.178 e. The highest BCUT2D eigenvalue weighted by atomic mass is 79.9. The summed E-state index contributed by atoms with van der Waals surface area (Å²) in [6.07, 6.45) is 1.92. The minimum atomic E-state index is 0.0721. The van der Waals surface area contributed by atoms with Gasteiger partial charge in [-0.3, -0.25) is 4.79 Å². The molecular formula is C12H12BrNO2. The van der Waals surface area contributed by atoms with Crippen LogP contribution >= 0.6 is 15.9 Å². The van der Waals surface area contributed by atoms with Crippen molar-refractivity contribution in [2.24, 2.45) is 0 Å². The van der Waals surface area contributed by atoms with E-state index in [1.54, 1.807) is 0 Å². The first-order chi connectivity index (χ1) is 7.70. The van der Waals surface area contributed by atoms with Crippen LogP contribution in [0.2, 0.25) is 0 Å². The number of Topliss-reactive ketones (excluding diaryl/α,β-unsaturated/α-hetero) is 1. The number of halogens is 1. The van der Waals surface area contributed by atoms with Gasteiger partial charge < -0.3 is 9.30 Å². The number of hydrogen-bond acceptors (Lipinski definition) is 2. The van der Waals surface area contributed by atoms with E-state index in [-0.39, 0.29) is 12.4 Å². The minimum absolute atomic E-state index is 0.0721. The van der Waals surface area contributed by atoms with Crippen LogP contribution in [-0.2, 0) is 16.1 Å². The van der Waals surface area contributed by atoms with Gasteiger partial charge in [0.05, 0.1) is 6.54 Å². The highest BCUT2D eigenvalue weighted by molar-refractivity contribution is 9.10. The highest BCUT2D eigenvalue weighted by Gasteiger charge is 2.06. The van der Waals surface area contributed by atoms with E-state index in [0.717, 1.165) is 15.4 Å². The molecule has 84 valence electrons. The van der Waals surface area contributed by atoms with Gasteiger partial charge in [0.1, 0.15) is 6.61 Å². The fraction of sp³-hybridized carbons (Fsp3) is 0.250. The van der Waals surface area contributed by atoms with E-state index in [2.05, 4.69) is 15.9 Å². The zero-order valence-electron chi connectivity index (χ0n) is 8.94. The number of nitrogens with zero attached hydrogens (tertiary/aromatic N) is 1. The van der Waals surface area contributed by atoms with Gasteiger partial charge in [-0.05, 0) is 24.3 Å². The molecule has 2 rings (SSSR count). The summed E-state index contributed by atoms with van der Waals surface area (Å²) in [4.78, 5) is 11.5. The minimum Gasteiger partial charge on any atom is -0.377 e. The predicted octanol–water partition coefficient (Wildman–Crippen LogP) is 2.62. The van der Waals surface area contributed by atoms with Crippen molar-refractivity contribution in [1.29, 1.82) is 0 Å². The van der Waals surface area contributed by atoms with Crippen molar-refractivity contribution in [3.63, 3.8) is 0 Å². The van der Waals surface area contributed by atoms with E-state index in [0.29, 0.717) is 6.54 Å². The van der Waals surface area contributed by atoms with Crippen molar-refractivity contribution in [1.82, 2.24) is 4.57 Å². The van der Waals surface area contributed by atoms with Crippen molar-refractivity contribution < 1.29 is 9.53 Å². The van der Waals surface area contributed by atoms with Crippen LogP contribution in [0, 0.1) is 0 Å². The van der Waals surface area contributed by atoms with Gasteiger partial charge in [0.15, 0.2) is 5.78 Å². The monoisotopic (exact) mass is 281 g/mol. The maximum Gasteiger partial charge on any atom is 0.178 e. The second-order valence-electron chi connectivity index (χ2n) is 3.62. The van der Waals surface area contributed by atoms with Crippen molar-refractivity contribution in [2.45, 2.75) is 6.54 Å². The lowest BCUT2D eigenvalue weighted by Gasteiger charge is -2.04. The summed E-state index contributed by atoms with van der Waals surface area (Å²) in [6, 6.07) is 8.01. The predicted molar refractivity (Wildman–Crippen MR) is 66.5 cm³/mol. The van der Waals surface area contributed by atoms with Gasteiger partial charge in [-0.1, -0.05) is 15.9 Å². The van der Waals surface area contributed by atoms with E-state index < -0.39 is 0 Å². The molecule has 0 aliphatic rings. The molecule has 0 spiro atoms. The Morgan fingerprint density at radius 2 is 2.25 bits per heavy atom. The Bertz CT molecular complexity index is 519. The summed E-state index contributed by atoms with van der Waals surface area (Å²) >= 11 is 3.42. The van der Waals surface area contributed by atoms with Gasteiger partial charge in [-0.2, -0.15) is 0 Å². The van der Waals surface area contributed by atoms with Gasteiger partial charge in [0.2, 0.25) is 0 Å². The molecule has 0 bridgehead atoms. The van der Waals surface area contributed by atoms with Gasteiger partial charge in [-0.15, -0.1) is 0 Å². The number of methoxy groups -OCH3 is 1. The highest BCUT2D eigenvalue weighted by Crippen LogP contribution is 2.20. The normalized spacial score (nSPS) is 10.9. The van der Waals surface area contributed by atoms with Crippen molar-refractivity contribution in [3.8, 4) is 0 Å². The number of fused-ring (bicyclic) bond motifs is 1. The molecule has 0 atom stereocenters. The average molecular weight is 282 g/mol. The topological polar surface area (TPSA) is 31.2 Å². The molecule has 3 nitrogen and oxygen atoms in total. The Kier molecular flexibility index (Phi) is 3.41. The first kappa shape index (κ1) is 11.4. The van der Waals surface area contributed by atoms with Crippen LogP contribution < -0.4 is 0 Å². The zero-order valence-corrected chi connectivity index (χ0v) is 10.5. The fourth-order valence-electron chi connectivity index (χ4n) is 1.71. The summed E-state index contributed by atoms with van der Waals surface area (Å²) in [7, 11) is 1.53. The fourth-order valence-corrected chi connectivity index (χ4v) is 2.08. The first-order valence-electron chi connectivity index (χ1n) is 4.96. The molecule has 0 saturated heterocycles. The number of rotatable bonds is 4. The van der Waals surface area contributed by atoms with E-state index in [1.165, 1.54) is 7.11 Å². The molecule has 2 aromatic rings. The molecule has 1 aromatic carbocycles. The SMILES string of the molecule is COCC(=O)Cn1ccc2cc(Br)ccc21.